The summed E-state index contributed by atoms with van der Waals surface area (Å²) >= 11 is 0. The third kappa shape index (κ3) is 1.10. The molecule has 0 atom stereocenters. The zero-order chi connectivity index (χ0) is 10.3. The molecule has 0 radical (unpaired) electrons. The van der Waals surface area contributed by atoms with Crippen LogP contribution >= 0.6 is 0 Å². The van der Waals surface area contributed by atoms with E-state index in [1.54, 1.807) is 0 Å². The molecule has 1 aromatic heterocycles. The lowest BCUT2D eigenvalue weighted by Crippen LogP contribution is -2.18. The van der Waals surface area contributed by atoms with Gasteiger partial charge in [-0.1, -0.05) is 0 Å². The first kappa shape index (κ1) is 8.55. The molecule has 0 spiro atoms. The Morgan fingerprint density at radius 3 is 2.79 bits per heavy atom. The number of rotatable bonds is 0. The molecule has 1 amide bonds. The third-order valence-electron chi connectivity index (χ3n) is 2.04. The smallest absolute Gasteiger partial charge is 0.323 e. The number of amides is 1. The molecule has 0 saturated carbocycles. The standard InChI is InChI=1S/C9H8FN3O/c10-5-1-2-6-7(11)4-13(9(12)14)8(6)3-5/h1-4H,11H2,(H2,12,14). The van der Waals surface area contributed by atoms with Crippen molar-refractivity contribution in [2.75, 3.05) is 5.73 Å². The fraction of sp³-hybridized carbons (Fsp3) is 0. The van der Waals surface area contributed by atoms with Gasteiger partial charge in [0.15, 0.2) is 0 Å². The Balaban J connectivity index is 2.85. The molecule has 72 valence electrons. The SMILES string of the molecule is NC(=O)n1cc(N)c2ccc(F)cc21. The fourth-order valence-corrected chi connectivity index (χ4v) is 1.41. The zero-order valence-corrected chi connectivity index (χ0v) is 7.20. The molecule has 4 nitrogen and oxygen atoms in total. The van der Waals surface area contributed by atoms with Crippen LogP contribution in [0.5, 0.6) is 0 Å². The molecule has 1 aromatic carbocycles. The number of carbonyl (C=O) groups is 1. The summed E-state index contributed by atoms with van der Waals surface area (Å²) in [5.41, 5.74) is 11.5. The highest BCUT2D eigenvalue weighted by Gasteiger charge is 2.09. The zero-order valence-electron chi connectivity index (χ0n) is 7.20. The van der Waals surface area contributed by atoms with E-state index in [0.717, 1.165) is 4.57 Å². The molecule has 5 heteroatoms. The second-order valence-corrected chi connectivity index (χ2v) is 2.95. The molecule has 0 aliphatic rings. The van der Waals surface area contributed by atoms with Crippen LogP contribution in [0.3, 0.4) is 0 Å². The Labute approximate surface area is 78.9 Å². The van der Waals surface area contributed by atoms with Crippen LogP contribution in [0.1, 0.15) is 0 Å². The minimum Gasteiger partial charge on any atom is -0.397 e. The van der Waals surface area contributed by atoms with Crippen LogP contribution in [0, 0.1) is 5.82 Å². The van der Waals surface area contributed by atoms with Gasteiger partial charge in [-0.2, -0.15) is 0 Å². The van der Waals surface area contributed by atoms with Gasteiger partial charge >= 0.3 is 6.03 Å². The van der Waals surface area contributed by atoms with Crippen LogP contribution in [0.4, 0.5) is 14.9 Å². The van der Waals surface area contributed by atoms with Crippen molar-refractivity contribution in [3.05, 3.63) is 30.2 Å². The van der Waals surface area contributed by atoms with Crippen LogP contribution in [0.2, 0.25) is 0 Å². The number of anilines is 1. The second kappa shape index (κ2) is 2.73. The molecule has 0 saturated heterocycles. The summed E-state index contributed by atoms with van der Waals surface area (Å²) < 4.78 is 14.0. The van der Waals surface area contributed by atoms with E-state index in [-0.39, 0.29) is 0 Å². The molecule has 0 aliphatic heterocycles. The van der Waals surface area contributed by atoms with Crippen molar-refractivity contribution in [2.24, 2.45) is 5.73 Å². The number of primary amides is 1. The molecule has 0 bridgehead atoms. The number of hydrogen-bond acceptors (Lipinski definition) is 2. The van der Waals surface area contributed by atoms with E-state index < -0.39 is 11.8 Å². The van der Waals surface area contributed by atoms with Crippen molar-refractivity contribution in [3.8, 4) is 0 Å². The Morgan fingerprint density at radius 2 is 2.14 bits per heavy atom. The van der Waals surface area contributed by atoms with Gasteiger partial charge in [0.25, 0.3) is 0 Å². The van der Waals surface area contributed by atoms with Gasteiger partial charge in [-0.15, -0.1) is 0 Å². The molecule has 0 fully saturated rings. The Kier molecular flexibility index (Phi) is 1.67. The molecule has 0 aliphatic carbocycles. The molecule has 2 aromatic rings. The average Bonchev–Trinajstić information content (AvgIpc) is 2.43. The first-order valence-electron chi connectivity index (χ1n) is 3.95. The summed E-state index contributed by atoms with van der Waals surface area (Å²) in [6.07, 6.45) is 1.38. The highest BCUT2D eigenvalue weighted by molar-refractivity contribution is 5.98. The van der Waals surface area contributed by atoms with E-state index in [1.807, 2.05) is 0 Å². The molecule has 14 heavy (non-hydrogen) atoms. The first-order valence-corrected chi connectivity index (χ1v) is 3.95. The van der Waals surface area contributed by atoms with Gasteiger partial charge in [-0.3, -0.25) is 4.57 Å². The van der Waals surface area contributed by atoms with Crippen molar-refractivity contribution >= 4 is 22.6 Å². The number of aromatic nitrogens is 1. The van der Waals surface area contributed by atoms with Gasteiger partial charge in [0.05, 0.1) is 11.2 Å². The Bertz CT molecular complexity index is 518. The van der Waals surface area contributed by atoms with E-state index in [1.165, 1.54) is 24.4 Å². The number of hydrogen-bond donors (Lipinski definition) is 2. The maximum atomic E-state index is 12.9. The van der Waals surface area contributed by atoms with Crippen molar-refractivity contribution in [1.82, 2.24) is 4.57 Å². The normalized spacial score (nSPS) is 10.6. The predicted octanol–water partition coefficient (Wildman–Crippen LogP) is 1.29. The van der Waals surface area contributed by atoms with Crippen LogP contribution in [-0.4, -0.2) is 10.6 Å². The lowest BCUT2D eigenvalue weighted by molar-refractivity contribution is 0.251. The number of halogens is 1. The van der Waals surface area contributed by atoms with Gasteiger partial charge in [0.1, 0.15) is 5.82 Å². The highest BCUT2D eigenvalue weighted by atomic mass is 19.1. The molecule has 0 unspecified atom stereocenters. The van der Waals surface area contributed by atoms with Gasteiger partial charge in [0, 0.05) is 11.6 Å². The van der Waals surface area contributed by atoms with Crippen molar-refractivity contribution in [2.45, 2.75) is 0 Å². The number of fused-ring (bicyclic) bond motifs is 1. The minimum absolute atomic E-state index is 0.384. The van der Waals surface area contributed by atoms with Gasteiger partial charge < -0.3 is 11.5 Å². The average molecular weight is 193 g/mol. The molecule has 4 N–H and O–H groups in total. The number of nitrogens with zero attached hydrogens (tertiary/aromatic N) is 1. The Hall–Kier alpha value is -2.04. The van der Waals surface area contributed by atoms with E-state index in [0.29, 0.717) is 16.6 Å². The minimum atomic E-state index is -0.683. The monoisotopic (exact) mass is 193 g/mol. The van der Waals surface area contributed by atoms with E-state index >= 15 is 0 Å². The van der Waals surface area contributed by atoms with Crippen molar-refractivity contribution < 1.29 is 9.18 Å². The fourth-order valence-electron chi connectivity index (χ4n) is 1.41. The van der Waals surface area contributed by atoms with Gasteiger partial charge in [-0.05, 0) is 18.2 Å². The van der Waals surface area contributed by atoms with Gasteiger partial charge in [0.2, 0.25) is 0 Å². The van der Waals surface area contributed by atoms with E-state index in [4.69, 9.17) is 11.5 Å². The summed E-state index contributed by atoms with van der Waals surface area (Å²) in [5, 5.41) is 0.616. The summed E-state index contributed by atoms with van der Waals surface area (Å²) in [7, 11) is 0. The molecular weight excluding hydrogens is 185 g/mol. The van der Waals surface area contributed by atoms with Crippen LogP contribution in [0.25, 0.3) is 10.9 Å². The number of carbonyl (C=O) groups excluding carboxylic acids is 1. The molecule has 2 rings (SSSR count). The topological polar surface area (TPSA) is 74.0 Å². The van der Waals surface area contributed by atoms with Crippen molar-refractivity contribution in [1.29, 1.82) is 0 Å². The van der Waals surface area contributed by atoms with Gasteiger partial charge in [-0.25, -0.2) is 9.18 Å². The third-order valence-corrected chi connectivity index (χ3v) is 2.04. The quantitative estimate of drug-likeness (QED) is 0.661. The van der Waals surface area contributed by atoms with E-state index in [9.17, 15) is 9.18 Å². The second-order valence-electron chi connectivity index (χ2n) is 2.95. The first-order chi connectivity index (χ1) is 6.59. The number of nitrogen functional groups attached to an aromatic ring is 1. The predicted molar refractivity (Wildman–Crippen MR) is 51.3 cm³/mol. The van der Waals surface area contributed by atoms with Crippen LogP contribution < -0.4 is 11.5 Å². The van der Waals surface area contributed by atoms with Crippen LogP contribution in [-0.2, 0) is 0 Å². The largest absolute Gasteiger partial charge is 0.397 e. The maximum Gasteiger partial charge on any atom is 0.323 e. The number of benzene rings is 1. The highest BCUT2D eigenvalue weighted by Crippen LogP contribution is 2.23. The molecule has 1 heterocycles. The molecular formula is C9H8FN3O. The maximum absolute atomic E-state index is 12.9. The van der Waals surface area contributed by atoms with Crippen LogP contribution in [0.15, 0.2) is 24.4 Å². The number of nitrogens with two attached hydrogens (primary N) is 2. The summed E-state index contributed by atoms with van der Waals surface area (Å²) in [4.78, 5) is 10.9. The summed E-state index contributed by atoms with van der Waals surface area (Å²) in [6.45, 7) is 0. The van der Waals surface area contributed by atoms with Crippen molar-refractivity contribution in [3.63, 3.8) is 0 Å². The summed E-state index contributed by atoms with van der Waals surface area (Å²) in [5.74, 6) is -0.432. The lowest BCUT2D eigenvalue weighted by atomic mass is 10.2. The summed E-state index contributed by atoms with van der Waals surface area (Å²) in [6, 6.07) is 3.33. The lowest BCUT2D eigenvalue weighted by Gasteiger charge is -1.97. The Morgan fingerprint density at radius 1 is 1.43 bits per heavy atom. The van der Waals surface area contributed by atoms with E-state index in [2.05, 4.69) is 0 Å².